The summed E-state index contributed by atoms with van der Waals surface area (Å²) < 4.78 is 5.19. The van der Waals surface area contributed by atoms with Crippen LogP contribution in [0, 0.1) is 5.92 Å². The normalized spacial score (nSPS) is 22.3. The summed E-state index contributed by atoms with van der Waals surface area (Å²) in [6.07, 6.45) is 1.16. The monoisotopic (exact) mass is 268 g/mol. The molecule has 1 aliphatic rings. The van der Waals surface area contributed by atoms with Crippen molar-refractivity contribution in [2.45, 2.75) is 18.3 Å². The second kappa shape index (κ2) is 5.68. The Hall–Kier alpha value is -1.80. The van der Waals surface area contributed by atoms with Gasteiger partial charge in [-0.15, -0.1) is 0 Å². The van der Waals surface area contributed by atoms with Crippen molar-refractivity contribution in [3.8, 4) is 5.75 Å². The third kappa shape index (κ3) is 2.56. The highest BCUT2D eigenvalue weighted by molar-refractivity contribution is 5.35. The van der Waals surface area contributed by atoms with Gasteiger partial charge < -0.3 is 9.84 Å². The van der Waals surface area contributed by atoms with Gasteiger partial charge in [0.1, 0.15) is 5.75 Å². The minimum Gasteiger partial charge on any atom is -0.497 e. The highest BCUT2D eigenvalue weighted by atomic mass is 16.5. The van der Waals surface area contributed by atoms with Crippen molar-refractivity contribution in [3.63, 3.8) is 0 Å². The molecule has 3 unspecified atom stereocenters. The Bertz CT molecular complexity index is 547. The molecule has 0 bridgehead atoms. The first kappa shape index (κ1) is 13.2. The molecule has 2 nitrogen and oxygen atoms in total. The van der Waals surface area contributed by atoms with Crippen molar-refractivity contribution in [2.24, 2.45) is 5.92 Å². The van der Waals surface area contributed by atoms with Crippen LogP contribution in [0.4, 0.5) is 0 Å². The van der Waals surface area contributed by atoms with Crippen LogP contribution in [-0.4, -0.2) is 18.8 Å². The summed E-state index contributed by atoms with van der Waals surface area (Å²) >= 11 is 0. The maximum Gasteiger partial charge on any atom is 0.118 e. The molecule has 2 aromatic carbocycles. The summed E-state index contributed by atoms with van der Waals surface area (Å²) in [6.45, 7) is 0.224. The van der Waals surface area contributed by atoms with Crippen LogP contribution in [0.25, 0.3) is 0 Å². The molecule has 1 saturated carbocycles. The van der Waals surface area contributed by atoms with E-state index in [4.69, 9.17) is 4.74 Å². The van der Waals surface area contributed by atoms with E-state index in [1.54, 1.807) is 7.11 Å². The van der Waals surface area contributed by atoms with Crippen LogP contribution in [0.3, 0.4) is 0 Å². The number of benzene rings is 2. The van der Waals surface area contributed by atoms with E-state index in [1.165, 1.54) is 11.1 Å². The van der Waals surface area contributed by atoms with Gasteiger partial charge in [-0.25, -0.2) is 0 Å². The fraction of sp³-hybridized carbons (Fsp3) is 0.333. The molecular weight excluding hydrogens is 248 g/mol. The Balaban J connectivity index is 1.73. The standard InChI is InChI=1S/C18H20O2/c1-20-15-9-7-14(8-10-15)16-11-17(16)18(12-19)13-5-3-2-4-6-13/h2-10,16-19H,11-12H2,1H3. The van der Waals surface area contributed by atoms with Crippen LogP contribution in [0.1, 0.15) is 29.4 Å². The summed E-state index contributed by atoms with van der Waals surface area (Å²) in [5.41, 5.74) is 2.60. The van der Waals surface area contributed by atoms with E-state index in [0.717, 1.165) is 12.2 Å². The van der Waals surface area contributed by atoms with Gasteiger partial charge in [0.2, 0.25) is 0 Å². The number of rotatable bonds is 5. The molecule has 0 aliphatic heterocycles. The molecule has 1 N–H and O–H groups in total. The van der Waals surface area contributed by atoms with Gasteiger partial charge in [0.15, 0.2) is 0 Å². The molecule has 0 saturated heterocycles. The third-order valence-electron chi connectivity index (χ3n) is 4.32. The Labute approximate surface area is 120 Å². The lowest BCUT2D eigenvalue weighted by Gasteiger charge is -2.14. The predicted octanol–water partition coefficient (Wildman–Crippen LogP) is 3.57. The summed E-state index contributed by atoms with van der Waals surface area (Å²) in [4.78, 5) is 0. The second-order valence-corrected chi connectivity index (χ2v) is 5.48. The highest BCUT2D eigenvalue weighted by Gasteiger charge is 2.43. The van der Waals surface area contributed by atoms with E-state index in [-0.39, 0.29) is 12.5 Å². The fourth-order valence-corrected chi connectivity index (χ4v) is 3.08. The quantitative estimate of drug-likeness (QED) is 0.898. The number of aliphatic hydroxyl groups excluding tert-OH is 1. The maximum atomic E-state index is 9.72. The average Bonchev–Trinajstić information content (AvgIpc) is 3.30. The number of ether oxygens (including phenoxy) is 1. The molecule has 1 fully saturated rings. The van der Waals surface area contributed by atoms with E-state index in [1.807, 2.05) is 30.3 Å². The molecule has 2 aromatic rings. The SMILES string of the molecule is COc1ccc(C2CC2C(CO)c2ccccc2)cc1. The number of hydrogen-bond acceptors (Lipinski definition) is 2. The molecule has 104 valence electrons. The van der Waals surface area contributed by atoms with Gasteiger partial charge in [0.25, 0.3) is 0 Å². The Morgan fingerprint density at radius 2 is 1.80 bits per heavy atom. The van der Waals surface area contributed by atoms with E-state index in [0.29, 0.717) is 11.8 Å². The minimum atomic E-state index is 0.224. The van der Waals surface area contributed by atoms with Crippen molar-refractivity contribution in [1.29, 1.82) is 0 Å². The smallest absolute Gasteiger partial charge is 0.118 e. The Kier molecular flexibility index (Phi) is 3.75. The van der Waals surface area contributed by atoms with Crippen molar-refractivity contribution in [1.82, 2.24) is 0 Å². The Morgan fingerprint density at radius 3 is 2.40 bits per heavy atom. The summed E-state index contributed by atoms with van der Waals surface area (Å²) in [5.74, 6) is 2.27. The molecule has 0 radical (unpaired) electrons. The van der Waals surface area contributed by atoms with Crippen molar-refractivity contribution < 1.29 is 9.84 Å². The van der Waals surface area contributed by atoms with Crippen LogP contribution < -0.4 is 4.74 Å². The number of methoxy groups -OCH3 is 1. The molecule has 3 rings (SSSR count). The molecular formula is C18H20O2. The van der Waals surface area contributed by atoms with Crippen LogP contribution in [0.15, 0.2) is 54.6 Å². The second-order valence-electron chi connectivity index (χ2n) is 5.48. The zero-order chi connectivity index (χ0) is 13.9. The zero-order valence-electron chi connectivity index (χ0n) is 11.7. The fourth-order valence-electron chi connectivity index (χ4n) is 3.08. The van der Waals surface area contributed by atoms with Gasteiger partial charge in [0, 0.05) is 5.92 Å². The topological polar surface area (TPSA) is 29.5 Å². The zero-order valence-corrected chi connectivity index (χ0v) is 11.7. The van der Waals surface area contributed by atoms with Crippen molar-refractivity contribution in [2.75, 3.05) is 13.7 Å². The number of aliphatic hydroxyl groups is 1. The van der Waals surface area contributed by atoms with Crippen LogP contribution >= 0.6 is 0 Å². The lowest BCUT2D eigenvalue weighted by atomic mass is 9.92. The van der Waals surface area contributed by atoms with Gasteiger partial charge in [0.05, 0.1) is 13.7 Å². The summed E-state index contributed by atoms with van der Waals surface area (Å²) in [6, 6.07) is 18.7. The van der Waals surface area contributed by atoms with Crippen LogP contribution in [0.5, 0.6) is 5.75 Å². The predicted molar refractivity (Wildman–Crippen MR) is 80.1 cm³/mol. The molecule has 2 heteroatoms. The Morgan fingerprint density at radius 1 is 1.10 bits per heavy atom. The van der Waals surface area contributed by atoms with Gasteiger partial charge >= 0.3 is 0 Å². The molecule has 0 heterocycles. The van der Waals surface area contributed by atoms with E-state index in [2.05, 4.69) is 24.3 Å². The molecule has 20 heavy (non-hydrogen) atoms. The van der Waals surface area contributed by atoms with E-state index < -0.39 is 0 Å². The highest BCUT2D eigenvalue weighted by Crippen LogP contribution is 2.54. The maximum absolute atomic E-state index is 9.72. The van der Waals surface area contributed by atoms with E-state index >= 15 is 0 Å². The summed E-state index contributed by atoms with van der Waals surface area (Å²) in [5, 5.41) is 9.72. The first-order chi connectivity index (χ1) is 9.83. The average molecular weight is 268 g/mol. The third-order valence-corrected chi connectivity index (χ3v) is 4.32. The van der Waals surface area contributed by atoms with Crippen LogP contribution in [0.2, 0.25) is 0 Å². The number of hydrogen-bond donors (Lipinski definition) is 1. The van der Waals surface area contributed by atoms with Crippen LogP contribution in [-0.2, 0) is 0 Å². The summed E-state index contributed by atoms with van der Waals surface area (Å²) in [7, 11) is 1.69. The van der Waals surface area contributed by atoms with Gasteiger partial charge in [-0.2, -0.15) is 0 Å². The first-order valence-electron chi connectivity index (χ1n) is 7.13. The van der Waals surface area contributed by atoms with Crippen molar-refractivity contribution >= 4 is 0 Å². The molecule has 0 spiro atoms. The molecule has 3 atom stereocenters. The largest absolute Gasteiger partial charge is 0.497 e. The lowest BCUT2D eigenvalue weighted by molar-refractivity contribution is 0.251. The van der Waals surface area contributed by atoms with Crippen molar-refractivity contribution in [3.05, 3.63) is 65.7 Å². The molecule has 0 amide bonds. The van der Waals surface area contributed by atoms with Gasteiger partial charge in [-0.1, -0.05) is 42.5 Å². The minimum absolute atomic E-state index is 0.224. The molecule has 1 aliphatic carbocycles. The first-order valence-corrected chi connectivity index (χ1v) is 7.13. The van der Waals surface area contributed by atoms with Gasteiger partial charge in [-0.3, -0.25) is 0 Å². The lowest BCUT2D eigenvalue weighted by Crippen LogP contribution is -2.07. The van der Waals surface area contributed by atoms with E-state index in [9.17, 15) is 5.11 Å². The molecule has 0 aromatic heterocycles. The van der Waals surface area contributed by atoms with Gasteiger partial charge in [-0.05, 0) is 41.5 Å².